The van der Waals surface area contributed by atoms with E-state index in [9.17, 15) is 9.59 Å². The molecule has 0 aromatic carbocycles. The summed E-state index contributed by atoms with van der Waals surface area (Å²) >= 11 is 0. The summed E-state index contributed by atoms with van der Waals surface area (Å²) < 4.78 is 13.0. The molecule has 4 rings (SSSR count). The third kappa shape index (κ3) is 4.25. The molecule has 2 aromatic heterocycles. The van der Waals surface area contributed by atoms with Crippen LogP contribution in [0.15, 0.2) is 47.1 Å². The monoisotopic (exact) mass is 438 g/mol. The number of carbonyl (C=O) groups is 2. The molecule has 1 aliphatic carbocycles. The fourth-order valence-electron chi connectivity index (χ4n) is 4.80. The molecule has 170 valence electrons. The van der Waals surface area contributed by atoms with Crippen LogP contribution in [0.3, 0.4) is 0 Å². The molecule has 1 saturated carbocycles. The molecule has 2 N–H and O–H groups in total. The van der Waals surface area contributed by atoms with Gasteiger partial charge < -0.3 is 19.6 Å². The molecule has 32 heavy (non-hydrogen) atoms. The van der Waals surface area contributed by atoms with E-state index in [1.807, 2.05) is 22.7 Å². The minimum Gasteiger partial charge on any atom is -0.463 e. The van der Waals surface area contributed by atoms with Gasteiger partial charge in [0.1, 0.15) is 5.78 Å². The van der Waals surface area contributed by atoms with Crippen LogP contribution >= 0.6 is 0 Å². The van der Waals surface area contributed by atoms with Gasteiger partial charge in [-0.15, -0.1) is 0 Å². The predicted molar refractivity (Wildman–Crippen MR) is 120 cm³/mol. The van der Waals surface area contributed by atoms with Crippen LogP contribution in [0.1, 0.15) is 45.1 Å². The Hall–Kier alpha value is -2.84. The number of carbonyl (C=O) groups excluding carboxylic acids is 2. The molecule has 0 bridgehead atoms. The summed E-state index contributed by atoms with van der Waals surface area (Å²) in [5.41, 5.74) is 8.88. The van der Waals surface area contributed by atoms with Gasteiger partial charge in [-0.3, -0.25) is 9.79 Å². The fourth-order valence-corrected chi connectivity index (χ4v) is 4.80. The maximum absolute atomic E-state index is 13.4. The van der Waals surface area contributed by atoms with Crippen LogP contribution in [0, 0.1) is 11.3 Å². The topological polar surface area (TPSA) is 108 Å². The second kappa shape index (κ2) is 8.96. The number of aromatic nitrogens is 2. The van der Waals surface area contributed by atoms with Gasteiger partial charge >= 0.3 is 5.97 Å². The lowest BCUT2D eigenvalue weighted by atomic mass is 9.63. The Morgan fingerprint density at radius 3 is 2.88 bits per heavy atom. The Bertz CT molecular complexity index is 1100. The van der Waals surface area contributed by atoms with E-state index in [0.29, 0.717) is 37.3 Å². The summed E-state index contributed by atoms with van der Waals surface area (Å²) in [7, 11) is 0. The molecule has 2 unspecified atom stereocenters. The quantitative estimate of drug-likeness (QED) is 0.526. The number of pyridine rings is 1. The summed E-state index contributed by atoms with van der Waals surface area (Å²) in [6.07, 6.45) is 6.50. The van der Waals surface area contributed by atoms with Crippen molar-refractivity contribution in [1.29, 1.82) is 0 Å². The van der Waals surface area contributed by atoms with Gasteiger partial charge in [0.15, 0.2) is 0 Å². The third-order valence-corrected chi connectivity index (χ3v) is 6.05. The standard InChI is InChI=1S/C24H30N4O4/c1-4-32-23(30)22-18(13-31-8-6-25)27-17-10-24(2,3)11-19(29)21(17)20(22)15-5-7-28-14-26-12-16(28)9-15/h5,7,9,12,14,20-21H,4,6,8,10-11,13,25H2,1-3H3. The van der Waals surface area contributed by atoms with Crippen molar-refractivity contribution in [3.05, 3.63) is 47.7 Å². The number of nitrogens with zero attached hydrogens (tertiary/aromatic N) is 3. The summed E-state index contributed by atoms with van der Waals surface area (Å²) in [6.45, 7) is 7.01. The summed E-state index contributed by atoms with van der Waals surface area (Å²) in [5, 5.41) is 0. The molecule has 8 nitrogen and oxygen atoms in total. The Morgan fingerprint density at radius 1 is 1.31 bits per heavy atom. The van der Waals surface area contributed by atoms with Gasteiger partial charge in [-0.25, -0.2) is 9.78 Å². The number of nitrogens with two attached hydrogens (primary N) is 1. The van der Waals surface area contributed by atoms with E-state index < -0.39 is 17.8 Å². The number of hydrogen-bond donors (Lipinski definition) is 1. The third-order valence-electron chi connectivity index (χ3n) is 6.05. The lowest BCUT2D eigenvalue weighted by Gasteiger charge is -2.41. The van der Waals surface area contributed by atoms with Crippen molar-refractivity contribution in [3.8, 4) is 0 Å². The Labute approximate surface area is 187 Å². The lowest BCUT2D eigenvalue weighted by molar-refractivity contribution is -0.139. The molecule has 2 atom stereocenters. The lowest BCUT2D eigenvalue weighted by Crippen LogP contribution is -2.44. The molecular weight excluding hydrogens is 408 g/mol. The number of esters is 1. The second-order valence-electron chi connectivity index (χ2n) is 9.15. The van der Waals surface area contributed by atoms with Gasteiger partial charge in [-0.2, -0.15) is 0 Å². The number of ether oxygens (including phenoxy) is 2. The molecule has 2 aromatic rings. The zero-order chi connectivity index (χ0) is 22.9. The molecule has 1 aliphatic heterocycles. The first-order valence-electron chi connectivity index (χ1n) is 11.0. The molecule has 0 saturated heterocycles. The van der Waals surface area contributed by atoms with Crippen LogP contribution in [0.5, 0.6) is 0 Å². The van der Waals surface area contributed by atoms with Crippen molar-refractivity contribution in [2.75, 3.05) is 26.4 Å². The van der Waals surface area contributed by atoms with Gasteiger partial charge in [0, 0.05) is 30.8 Å². The minimum absolute atomic E-state index is 0.0992. The van der Waals surface area contributed by atoms with Crippen molar-refractivity contribution in [1.82, 2.24) is 9.38 Å². The Morgan fingerprint density at radius 2 is 2.12 bits per heavy atom. The predicted octanol–water partition coefficient (Wildman–Crippen LogP) is 2.67. The van der Waals surface area contributed by atoms with E-state index in [-0.39, 0.29) is 24.4 Å². The Kier molecular flexibility index (Phi) is 6.26. The van der Waals surface area contributed by atoms with Crippen molar-refractivity contribution in [2.45, 2.75) is 39.5 Å². The van der Waals surface area contributed by atoms with Gasteiger partial charge in [0.25, 0.3) is 0 Å². The molecule has 0 amide bonds. The number of hydrogen-bond acceptors (Lipinski definition) is 7. The van der Waals surface area contributed by atoms with Crippen LogP contribution in [-0.2, 0) is 19.1 Å². The number of Topliss-reactive ketones (excluding diaryl/α,β-unsaturated/α-hetero) is 1. The fraction of sp³-hybridized carbons (Fsp3) is 0.500. The van der Waals surface area contributed by atoms with Gasteiger partial charge in [-0.1, -0.05) is 13.8 Å². The number of fused-ring (bicyclic) bond motifs is 2. The average Bonchev–Trinajstić information content (AvgIpc) is 3.20. The molecular formula is C24H30N4O4. The van der Waals surface area contributed by atoms with Crippen LogP contribution in [0.25, 0.3) is 5.52 Å². The zero-order valence-electron chi connectivity index (χ0n) is 18.8. The van der Waals surface area contributed by atoms with E-state index in [4.69, 9.17) is 20.2 Å². The molecule has 8 heteroatoms. The van der Waals surface area contributed by atoms with Crippen LogP contribution in [0.4, 0.5) is 0 Å². The van der Waals surface area contributed by atoms with Crippen molar-refractivity contribution in [2.24, 2.45) is 22.1 Å². The largest absolute Gasteiger partial charge is 0.463 e. The first-order chi connectivity index (χ1) is 15.3. The minimum atomic E-state index is -0.494. The molecule has 3 heterocycles. The molecule has 0 radical (unpaired) electrons. The van der Waals surface area contributed by atoms with E-state index in [0.717, 1.165) is 16.8 Å². The Balaban J connectivity index is 1.89. The van der Waals surface area contributed by atoms with Crippen LogP contribution in [0.2, 0.25) is 0 Å². The summed E-state index contributed by atoms with van der Waals surface area (Å²) in [4.78, 5) is 35.6. The number of ketones is 1. The van der Waals surface area contributed by atoms with Gasteiger partial charge in [0.2, 0.25) is 0 Å². The second-order valence-corrected chi connectivity index (χ2v) is 9.15. The van der Waals surface area contributed by atoms with Crippen LogP contribution < -0.4 is 5.73 Å². The average molecular weight is 439 g/mol. The first-order valence-corrected chi connectivity index (χ1v) is 11.0. The normalized spacial score (nSPS) is 22.6. The summed E-state index contributed by atoms with van der Waals surface area (Å²) in [6, 6.07) is 3.91. The first kappa shape index (κ1) is 22.4. The summed E-state index contributed by atoms with van der Waals surface area (Å²) in [5.74, 6) is -1.34. The van der Waals surface area contributed by atoms with Gasteiger partial charge in [0.05, 0.1) is 55.0 Å². The van der Waals surface area contributed by atoms with E-state index in [1.165, 1.54) is 0 Å². The highest BCUT2D eigenvalue weighted by molar-refractivity contribution is 6.12. The van der Waals surface area contributed by atoms with E-state index >= 15 is 0 Å². The molecule has 1 fully saturated rings. The van der Waals surface area contributed by atoms with E-state index in [2.05, 4.69) is 18.8 Å². The highest BCUT2D eigenvalue weighted by Gasteiger charge is 2.48. The van der Waals surface area contributed by atoms with Crippen molar-refractivity contribution >= 4 is 23.0 Å². The van der Waals surface area contributed by atoms with Crippen molar-refractivity contribution in [3.63, 3.8) is 0 Å². The molecule has 0 spiro atoms. The maximum Gasteiger partial charge on any atom is 0.336 e. The SMILES string of the molecule is CCOC(=O)C1=C(COCCN)N=C2CC(C)(C)CC(=O)C2C1c1ccn2cncc2c1. The maximum atomic E-state index is 13.4. The van der Waals surface area contributed by atoms with E-state index in [1.54, 1.807) is 19.4 Å². The number of rotatable bonds is 7. The zero-order valence-corrected chi connectivity index (χ0v) is 18.8. The highest BCUT2D eigenvalue weighted by atomic mass is 16.5. The smallest absolute Gasteiger partial charge is 0.336 e. The van der Waals surface area contributed by atoms with Crippen molar-refractivity contribution < 1.29 is 19.1 Å². The highest BCUT2D eigenvalue weighted by Crippen LogP contribution is 2.47. The number of aliphatic imine (C=N–C) groups is 1. The van der Waals surface area contributed by atoms with Crippen LogP contribution in [-0.4, -0.2) is 53.2 Å². The number of imidazole rings is 1. The van der Waals surface area contributed by atoms with Gasteiger partial charge in [-0.05, 0) is 36.5 Å². The molecule has 2 aliphatic rings.